The summed E-state index contributed by atoms with van der Waals surface area (Å²) < 4.78 is 8.40. The van der Waals surface area contributed by atoms with E-state index < -0.39 is 0 Å². The van der Waals surface area contributed by atoms with E-state index in [1.54, 1.807) is 0 Å². The summed E-state index contributed by atoms with van der Waals surface area (Å²) in [7, 11) is 0. The molecule has 1 aromatic rings. The number of hydrogen-bond acceptors (Lipinski definition) is 3. The van der Waals surface area contributed by atoms with Crippen molar-refractivity contribution in [3.8, 4) is 12.8 Å². The molecule has 0 spiro atoms. The Labute approximate surface area is 121 Å². The summed E-state index contributed by atoms with van der Waals surface area (Å²) in [6.07, 6.45) is 10.6. The van der Waals surface area contributed by atoms with E-state index in [-0.39, 0.29) is 6.10 Å². The van der Waals surface area contributed by atoms with Crippen LogP contribution >= 0.6 is 11.9 Å². The highest BCUT2D eigenvalue weighted by molar-refractivity contribution is 7.97. The molecular weight excluding hydrogens is 254 g/mol. The number of benzene rings is 1. The van der Waals surface area contributed by atoms with Gasteiger partial charge in [-0.25, -0.2) is 4.31 Å². The zero-order chi connectivity index (χ0) is 13.9. The molecule has 1 heterocycles. The van der Waals surface area contributed by atoms with E-state index >= 15 is 0 Å². The van der Waals surface area contributed by atoms with Crippen molar-refractivity contribution < 1.29 is 4.74 Å². The van der Waals surface area contributed by atoms with Gasteiger partial charge in [0.1, 0.15) is 0 Å². The van der Waals surface area contributed by atoms with E-state index in [1.165, 1.54) is 17.7 Å². The summed E-state index contributed by atoms with van der Waals surface area (Å²) in [5.74, 6) is 1.22. The van der Waals surface area contributed by atoms with Gasteiger partial charge >= 0.3 is 0 Å². The predicted octanol–water partition coefficient (Wildman–Crippen LogP) is 3.76. The predicted molar refractivity (Wildman–Crippen MR) is 84.0 cm³/mol. The standard InChI is InChI=1S/C14H21NOS.C2H2/c1-2-12-17-15-9-8-14(16-11-10-15)13-6-4-3-5-7-13;1-2/h3-7,14H,2,8-12H2,1H3;1-2H. The van der Waals surface area contributed by atoms with Crippen molar-refractivity contribution in [1.82, 2.24) is 4.31 Å². The van der Waals surface area contributed by atoms with Crippen LogP contribution < -0.4 is 0 Å². The van der Waals surface area contributed by atoms with Crippen molar-refractivity contribution in [2.24, 2.45) is 0 Å². The molecule has 1 unspecified atom stereocenters. The molecule has 0 aromatic heterocycles. The van der Waals surface area contributed by atoms with Gasteiger partial charge in [-0.05, 0) is 18.4 Å². The molecule has 3 heteroatoms. The minimum Gasteiger partial charge on any atom is -0.372 e. The van der Waals surface area contributed by atoms with E-state index in [2.05, 4.69) is 54.4 Å². The van der Waals surface area contributed by atoms with Gasteiger partial charge in [-0.3, -0.25) is 0 Å². The molecule has 2 nitrogen and oxygen atoms in total. The van der Waals surface area contributed by atoms with Gasteiger partial charge in [0, 0.05) is 18.8 Å². The van der Waals surface area contributed by atoms with Gasteiger partial charge in [0.2, 0.25) is 0 Å². The summed E-state index contributed by atoms with van der Waals surface area (Å²) in [6.45, 7) is 5.25. The zero-order valence-corrected chi connectivity index (χ0v) is 12.4. The van der Waals surface area contributed by atoms with Gasteiger partial charge in [0.25, 0.3) is 0 Å². The first-order valence-corrected chi connectivity index (χ1v) is 7.72. The van der Waals surface area contributed by atoms with Crippen molar-refractivity contribution in [3.05, 3.63) is 35.9 Å². The molecule has 0 radical (unpaired) electrons. The van der Waals surface area contributed by atoms with Gasteiger partial charge in [0.15, 0.2) is 0 Å². The van der Waals surface area contributed by atoms with Gasteiger partial charge in [-0.15, -0.1) is 12.8 Å². The molecule has 1 aliphatic heterocycles. The van der Waals surface area contributed by atoms with Crippen LogP contribution in [0.25, 0.3) is 0 Å². The molecule has 19 heavy (non-hydrogen) atoms. The van der Waals surface area contributed by atoms with Crippen LogP contribution in [0.1, 0.15) is 31.4 Å². The monoisotopic (exact) mass is 277 g/mol. The third-order valence-electron chi connectivity index (χ3n) is 2.95. The van der Waals surface area contributed by atoms with Gasteiger partial charge in [-0.1, -0.05) is 49.2 Å². The third kappa shape index (κ3) is 5.69. The third-order valence-corrected chi connectivity index (χ3v) is 4.27. The minimum absolute atomic E-state index is 0.281. The van der Waals surface area contributed by atoms with Crippen LogP contribution in [0.3, 0.4) is 0 Å². The molecular formula is C16H23NOS. The maximum atomic E-state index is 5.94. The Bertz CT molecular complexity index is 352. The zero-order valence-electron chi connectivity index (χ0n) is 11.6. The minimum atomic E-state index is 0.281. The summed E-state index contributed by atoms with van der Waals surface area (Å²) in [5, 5.41) is 0. The maximum Gasteiger partial charge on any atom is 0.0838 e. The van der Waals surface area contributed by atoms with Gasteiger partial charge in [0.05, 0.1) is 12.7 Å². The largest absolute Gasteiger partial charge is 0.372 e. The van der Waals surface area contributed by atoms with Crippen molar-refractivity contribution in [2.45, 2.75) is 25.9 Å². The molecule has 0 bridgehead atoms. The molecule has 0 saturated carbocycles. The first-order valence-electron chi connectivity index (χ1n) is 6.78. The fourth-order valence-electron chi connectivity index (χ4n) is 2.03. The quantitative estimate of drug-likeness (QED) is 0.614. The Kier molecular flexibility index (Phi) is 8.40. The lowest BCUT2D eigenvalue weighted by Gasteiger charge is -2.17. The Hall–Kier alpha value is -0.950. The van der Waals surface area contributed by atoms with Crippen molar-refractivity contribution >= 4 is 11.9 Å². The average molecular weight is 277 g/mol. The molecule has 104 valence electrons. The molecule has 1 atom stereocenters. The van der Waals surface area contributed by atoms with E-state index in [9.17, 15) is 0 Å². The second kappa shape index (κ2) is 9.91. The number of ether oxygens (including phenoxy) is 1. The van der Waals surface area contributed by atoms with Crippen LogP contribution in [-0.4, -0.2) is 29.8 Å². The Morgan fingerprint density at radius 2 is 2.00 bits per heavy atom. The second-order valence-electron chi connectivity index (χ2n) is 4.32. The first kappa shape index (κ1) is 16.1. The van der Waals surface area contributed by atoms with Crippen molar-refractivity contribution in [1.29, 1.82) is 0 Å². The summed E-state index contributed by atoms with van der Waals surface area (Å²) >= 11 is 1.96. The lowest BCUT2D eigenvalue weighted by atomic mass is 10.1. The molecule has 0 amide bonds. The second-order valence-corrected chi connectivity index (χ2v) is 5.50. The average Bonchev–Trinajstić information content (AvgIpc) is 2.74. The van der Waals surface area contributed by atoms with Crippen LogP contribution in [0.5, 0.6) is 0 Å². The fraction of sp³-hybridized carbons (Fsp3) is 0.500. The van der Waals surface area contributed by atoms with Crippen LogP contribution in [-0.2, 0) is 4.74 Å². The fourth-order valence-corrected chi connectivity index (χ4v) is 2.91. The molecule has 1 fully saturated rings. The SMILES string of the molecule is C#C.CCCSN1CCOC(c2ccccc2)CC1. The van der Waals surface area contributed by atoms with Crippen LogP contribution in [0.15, 0.2) is 30.3 Å². The molecule has 1 aliphatic rings. The summed E-state index contributed by atoms with van der Waals surface area (Å²) in [4.78, 5) is 0. The Balaban J connectivity index is 0.000000861. The molecule has 1 saturated heterocycles. The van der Waals surface area contributed by atoms with Crippen LogP contribution in [0.2, 0.25) is 0 Å². The number of nitrogens with zero attached hydrogens (tertiary/aromatic N) is 1. The van der Waals surface area contributed by atoms with E-state index in [1.807, 2.05) is 11.9 Å². The van der Waals surface area contributed by atoms with Crippen LogP contribution in [0, 0.1) is 12.8 Å². The maximum absolute atomic E-state index is 5.94. The summed E-state index contributed by atoms with van der Waals surface area (Å²) in [6, 6.07) is 10.6. The smallest absolute Gasteiger partial charge is 0.0838 e. The van der Waals surface area contributed by atoms with Crippen LogP contribution in [0.4, 0.5) is 0 Å². The van der Waals surface area contributed by atoms with E-state index in [4.69, 9.17) is 4.74 Å². The lowest BCUT2D eigenvalue weighted by molar-refractivity contribution is 0.0635. The highest BCUT2D eigenvalue weighted by Gasteiger charge is 2.18. The highest BCUT2D eigenvalue weighted by atomic mass is 32.2. The first-order chi connectivity index (χ1) is 9.40. The Morgan fingerprint density at radius 1 is 1.26 bits per heavy atom. The Morgan fingerprint density at radius 3 is 2.68 bits per heavy atom. The topological polar surface area (TPSA) is 12.5 Å². The number of terminal acetylenes is 1. The number of hydrogen-bond donors (Lipinski definition) is 0. The van der Waals surface area contributed by atoms with E-state index in [0.29, 0.717) is 0 Å². The van der Waals surface area contributed by atoms with E-state index in [0.717, 1.165) is 26.1 Å². The normalized spacial score (nSPS) is 20.1. The number of rotatable bonds is 4. The molecule has 0 N–H and O–H groups in total. The van der Waals surface area contributed by atoms with Crippen molar-refractivity contribution in [2.75, 3.05) is 25.4 Å². The lowest BCUT2D eigenvalue weighted by Crippen LogP contribution is -2.19. The highest BCUT2D eigenvalue weighted by Crippen LogP contribution is 2.25. The van der Waals surface area contributed by atoms with Gasteiger partial charge in [-0.2, -0.15) is 0 Å². The summed E-state index contributed by atoms with van der Waals surface area (Å²) in [5.41, 5.74) is 1.31. The van der Waals surface area contributed by atoms with Gasteiger partial charge < -0.3 is 4.74 Å². The molecule has 2 rings (SSSR count). The molecule has 0 aliphatic carbocycles. The van der Waals surface area contributed by atoms with Crippen molar-refractivity contribution in [3.63, 3.8) is 0 Å². The molecule has 1 aromatic carbocycles.